The summed E-state index contributed by atoms with van der Waals surface area (Å²) in [6.07, 6.45) is 0.460. The number of fused-ring (bicyclic) bond motifs is 2. The van der Waals surface area contributed by atoms with Gasteiger partial charge in [-0.15, -0.1) is 0 Å². The average Bonchev–Trinajstić information content (AvgIpc) is 3.42. The zero-order chi connectivity index (χ0) is 32.8. The number of aliphatic carboxylic acids is 1. The zero-order valence-corrected chi connectivity index (χ0v) is 27.1. The van der Waals surface area contributed by atoms with Gasteiger partial charge in [0.1, 0.15) is 0 Å². The average molecular weight is 622 g/mol. The molecular weight excluding hydrogens is 581 g/mol. The van der Waals surface area contributed by atoms with E-state index in [-0.39, 0.29) is 23.0 Å². The van der Waals surface area contributed by atoms with E-state index >= 15 is 4.39 Å². The summed E-state index contributed by atoms with van der Waals surface area (Å²) in [6, 6.07) is 6.52. The fourth-order valence-electron chi connectivity index (χ4n) is 6.47. The van der Waals surface area contributed by atoms with Crippen LogP contribution < -0.4 is 23.8 Å². The largest absolute Gasteiger partial charge is 0.493 e. The number of methoxy groups -OCH3 is 3. The smallest absolute Gasteiger partial charge is 0.337 e. The second-order valence-corrected chi connectivity index (χ2v) is 12.3. The highest BCUT2D eigenvalue weighted by molar-refractivity contribution is 6.10. The van der Waals surface area contributed by atoms with E-state index in [2.05, 4.69) is 0 Å². The molecule has 1 atom stereocenters. The van der Waals surface area contributed by atoms with E-state index in [0.717, 1.165) is 23.1 Å². The van der Waals surface area contributed by atoms with E-state index in [4.69, 9.17) is 23.7 Å². The molecule has 1 unspecified atom stereocenters. The molecule has 3 aromatic rings. The molecule has 0 saturated carbocycles. The quantitative estimate of drug-likeness (QED) is 0.300. The minimum absolute atomic E-state index is 0.237. The van der Waals surface area contributed by atoms with Crippen molar-refractivity contribution in [1.29, 1.82) is 0 Å². The molecule has 0 aromatic heterocycles. The van der Waals surface area contributed by atoms with E-state index < -0.39 is 23.5 Å². The van der Waals surface area contributed by atoms with Gasteiger partial charge in [0.25, 0.3) is 5.91 Å². The molecule has 3 aromatic carbocycles. The Morgan fingerprint density at radius 1 is 1.00 bits per heavy atom. The van der Waals surface area contributed by atoms with Gasteiger partial charge in [-0.05, 0) is 106 Å². The van der Waals surface area contributed by atoms with Gasteiger partial charge < -0.3 is 33.7 Å². The van der Waals surface area contributed by atoms with Crippen LogP contribution >= 0.6 is 0 Å². The topological polar surface area (TPSA) is 104 Å². The van der Waals surface area contributed by atoms with Crippen LogP contribution in [0.15, 0.2) is 24.3 Å². The predicted octanol–water partition coefficient (Wildman–Crippen LogP) is 6.60. The number of anilines is 1. The number of hydrogen-bond donors (Lipinski definition) is 1. The van der Waals surface area contributed by atoms with Crippen molar-refractivity contribution in [3.05, 3.63) is 63.5 Å². The van der Waals surface area contributed by atoms with Gasteiger partial charge in [-0.3, -0.25) is 4.79 Å². The number of carboxylic acid groups (broad SMARTS) is 1. The van der Waals surface area contributed by atoms with Crippen molar-refractivity contribution >= 4 is 17.6 Å². The molecule has 10 heteroatoms. The number of carboxylic acids is 1. The normalized spacial score (nSPS) is 14.7. The predicted molar refractivity (Wildman–Crippen MR) is 168 cm³/mol. The Hall–Kier alpha value is -4.31. The summed E-state index contributed by atoms with van der Waals surface area (Å²) in [4.78, 5) is 28.7. The molecule has 0 saturated heterocycles. The Balaban J connectivity index is 1.77. The number of rotatable bonds is 8. The minimum atomic E-state index is -1.34. The molecule has 0 spiro atoms. The first-order valence-corrected chi connectivity index (χ1v) is 15.0. The first kappa shape index (κ1) is 32.1. The lowest BCUT2D eigenvalue weighted by atomic mass is 9.83. The first-order valence-electron chi connectivity index (χ1n) is 15.0. The van der Waals surface area contributed by atoms with Gasteiger partial charge in [-0.1, -0.05) is 0 Å². The molecule has 1 N–H and O–H groups in total. The van der Waals surface area contributed by atoms with Crippen molar-refractivity contribution in [2.24, 2.45) is 0 Å². The van der Waals surface area contributed by atoms with Gasteiger partial charge >= 0.3 is 5.97 Å². The highest BCUT2D eigenvalue weighted by Gasteiger charge is 2.38. The maximum absolute atomic E-state index is 15.7. The number of halogens is 1. The van der Waals surface area contributed by atoms with E-state index in [1.807, 2.05) is 13.0 Å². The number of amides is 1. The van der Waals surface area contributed by atoms with Gasteiger partial charge in [-0.25, -0.2) is 9.18 Å². The van der Waals surface area contributed by atoms with Crippen LogP contribution in [-0.2, 0) is 22.4 Å². The fraction of sp³-hybridized carbons (Fsp3) is 0.429. The van der Waals surface area contributed by atoms with Gasteiger partial charge in [0.2, 0.25) is 5.75 Å². The molecule has 0 radical (unpaired) electrons. The molecule has 2 aliphatic heterocycles. The lowest BCUT2D eigenvalue weighted by molar-refractivity contribution is -0.160. The van der Waals surface area contributed by atoms with E-state index in [0.29, 0.717) is 65.4 Å². The summed E-state index contributed by atoms with van der Waals surface area (Å²) in [7, 11) is 4.43. The van der Waals surface area contributed by atoms with Crippen LogP contribution in [0.5, 0.6) is 23.0 Å². The number of carbonyl (C=O) groups is 2. The zero-order valence-electron chi connectivity index (χ0n) is 27.1. The van der Waals surface area contributed by atoms with Crippen LogP contribution in [0.1, 0.15) is 71.5 Å². The molecule has 1 amide bonds. The van der Waals surface area contributed by atoms with Crippen LogP contribution in [0.4, 0.5) is 10.1 Å². The van der Waals surface area contributed by atoms with E-state index in [1.54, 1.807) is 44.7 Å². The lowest BCUT2D eigenvalue weighted by Crippen LogP contribution is -2.30. The fourth-order valence-corrected chi connectivity index (χ4v) is 6.47. The van der Waals surface area contributed by atoms with Gasteiger partial charge in [0, 0.05) is 23.4 Å². The summed E-state index contributed by atoms with van der Waals surface area (Å²) < 4.78 is 44.1. The Morgan fingerprint density at radius 3 is 2.33 bits per heavy atom. The molecule has 2 aliphatic rings. The number of benzene rings is 3. The Kier molecular flexibility index (Phi) is 8.72. The lowest BCUT2D eigenvalue weighted by Gasteiger charge is -2.30. The van der Waals surface area contributed by atoms with Crippen LogP contribution in [-0.4, -0.2) is 57.1 Å². The molecule has 0 bridgehead atoms. The van der Waals surface area contributed by atoms with Crippen LogP contribution in [0.25, 0.3) is 11.1 Å². The number of ether oxygens (including phenoxy) is 5. The molecule has 45 heavy (non-hydrogen) atoms. The number of carbonyl (C=O) groups excluding carboxylic acids is 1. The summed E-state index contributed by atoms with van der Waals surface area (Å²) in [5.41, 5.74) is 4.60. The van der Waals surface area contributed by atoms with E-state index in [1.165, 1.54) is 27.4 Å². The summed E-state index contributed by atoms with van der Waals surface area (Å²) >= 11 is 0. The molecule has 2 heterocycles. The third-order valence-corrected chi connectivity index (χ3v) is 8.38. The van der Waals surface area contributed by atoms with Crippen molar-refractivity contribution in [1.82, 2.24) is 0 Å². The Labute approximate surface area is 262 Å². The number of nitrogens with zero attached hydrogens (tertiary/aromatic N) is 1. The van der Waals surface area contributed by atoms with Crippen LogP contribution in [0.3, 0.4) is 0 Å². The molecule has 0 aliphatic carbocycles. The Bertz CT molecular complexity index is 1680. The van der Waals surface area contributed by atoms with Crippen molar-refractivity contribution in [3.8, 4) is 34.1 Å². The van der Waals surface area contributed by atoms with Crippen LogP contribution in [0.2, 0.25) is 0 Å². The van der Waals surface area contributed by atoms with Gasteiger partial charge in [0.15, 0.2) is 29.2 Å². The molecular formula is C35H40FNO8. The van der Waals surface area contributed by atoms with Gasteiger partial charge in [0.05, 0.1) is 39.1 Å². The van der Waals surface area contributed by atoms with Crippen molar-refractivity contribution in [2.75, 3.05) is 39.4 Å². The monoisotopic (exact) mass is 621 g/mol. The second kappa shape index (κ2) is 12.2. The maximum Gasteiger partial charge on any atom is 0.337 e. The van der Waals surface area contributed by atoms with E-state index in [9.17, 15) is 14.7 Å². The summed E-state index contributed by atoms with van der Waals surface area (Å²) in [6.45, 7) is 9.84. The van der Waals surface area contributed by atoms with Crippen LogP contribution in [0, 0.1) is 19.7 Å². The summed E-state index contributed by atoms with van der Waals surface area (Å²) in [5.74, 6) is -0.795. The summed E-state index contributed by atoms with van der Waals surface area (Å²) in [5, 5.41) is 10.5. The number of aryl methyl sites for hydroxylation is 1. The number of hydrogen-bond acceptors (Lipinski definition) is 7. The standard InChI is InChI=1S/C35H40FNO8/c1-18-16-25-21(13-14-37(25)33(38)22-11-12-26(41-6)31(43-8)30(22)42-7)28(27(18)32(34(39)40)45-35(3,4)5)23-17-24(36)29-20(19(23)2)10-9-15-44-29/h11-12,16-17,32H,9-10,13-15H2,1-8H3,(H,39,40). The third-order valence-electron chi connectivity index (χ3n) is 8.38. The second-order valence-electron chi connectivity index (χ2n) is 12.3. The van der Waals surface area contributed by atoms with Crippen molar-refractivity contribution in [2.45, 2.75) is 65.6 Å². The molecule has 240 valence electrons. The molecule has 0 fully saturated rings. The SMILES string of the molecule is COc1ccc(C(=O)N2CCc3c2cc(C)c(C(OC(C)(C)C)C(=O)O)c3-c2cc(F)c3c(c2C)CCCO3)c(OC)c1OC. The minimum Gasteiger partial charge on any atom is -0.493 e. The Morgan fingerprint density at radius 2 is 1.71 bits per heavy atom. The first-order chi connectivity index (χ1) is 21.3. The highest BCUT2D eigenvalue weighted by atomic mass is 19.1. The third kappa shape index (κ3) is 5.67. The van der Waals surface area contributed by atoms with Crippen molar-refractivity contribution < 1.29 is 42.8 Å². The maximum atomic E-state index is 15.7. The molecule has 5 rings (SSSR count). The highest BCUT2D eigenvalue weighted by Crippen LogP contribution is 2.48. The van der Waals surface area contributed by atoms with Gasteiger partial charge in [-0.2, -0.15) is 0 Å². The van der Waals surface area contributed by atoms with Crippen molar-refractivity contribution in [3.63, 3.8) is 0 Å². The molecule has 9 nitrogen and oxygen atoms in total.